The number of nitrogens with zero attached hydrogens (tertiary/aromatic N) is 2. The van der Waals surface area contributed by atoms with Gasteiger partial charge in [-0.15, -0.1) is 0 Å². The number of rotatable bonds is 5. The van der Waals surface area contributed by atoms with Crippen LogP contribution in [-0.2, 0) is 13.0 Å². The number of piperidine rings is 1. The molecule has 3 heterocycles. The monoisotopic (exact) mass is 348 g/mol. The zero-order valence-corrected chi connectivity index (χ0v) is 14.8. The first-order chi connectivity index (χ1) is 12.8. The van der Waals surface area contributed by atoms with Crippen molar-refractivity contribution >= 4 is 11.6 Å². The van der Waals surface area contributed by atoms with Gasteiger partial charge >= 0.3 is 0 Å². The fourth-order valence-electron chi connectivity index (χ4n) is 3.60. The Labute approximate surface area is 153 Å². The van der Waals surface area contributed by atoms with E-state index in [1.165, 1.54) is 18.4 Å². The first-order valence-corrected chi connectivity index (χ1v) is 9.28. The summed E-state index contributed by atoms with van der Waals surface area (Å²) >= 11 is 0. The number of fused-ring (bicyclic) bond motifs is 1. The van der Waals surface area contributed by atoms with Crippen molar-refractivity contribution in [2.45, 2.75) is 25.8 Å². The predicted octanol–water partition coefficient (Wildman–Crippen LogP) is 2.81. The van der Waals surface area contributed by atoms with E-state index in [1.54, 1.807) is 0 Å². The summed E-state index contributed by atoms with van der Waals surface area (Å²) in [5.74, 6) is 0.668. The van der Waals surface area contributed by atoms with E-state index in [4.69, 9.17) is 0 Å². The van der Waals surface area contributed by atoms with E-state index >= 15 is 0 Å². The Kier molecular flexibility index (Phi) is 4.97. The molecule has 1 aromatic carbocycles. The third-order valence-corrected chi connectivity index (χ3v) is 5.02. The van der Waals surface area contributed by atoms with Gasteiger partial charge in [-0.25, -0.2) is 4.98 Å². The highest BCUT2D eigenvalue weighted by molar-refractivity contribution is 5.94. The number of amides is 1. The van der Waals surface area contributed by atoms with E-state index in [1.807, 2.05) is 53.2 Å². The molecule has 0 saturated carbocycles. The van der Waals surface area contributed by atoms with E-state index in [0.717, 1.165) is 36.4 Å². The van der Waals surface area contributed by atoms with E-state index in [9.17, 15) is 4.79 Å². The number of hydrogen-bond donors (Lipinski definition) is 2. The smallest absolute Gasteiger partial charge is 0.251 e. The zero-order chi connectivity index (χ0) is 17.8. The van der Waals surface area contributed by atoms with Crippen LogP contribution >= 0.6 is 0 Å². The fraction of sp³-hybridized carbons (Fsp3) is 0.333. The summed E-state index contributed by atoms with van der Waals surface area (Å²) in [4.78, 5) is 17.0. The molecular formula is C21H24N4O. The molecule has 0 unspecified atom stereocenters. The zero-order valence-electron chi connectivity index (χ0n) is 14.8. The lowest BCUT2D eigenvalue weighted by atomic mass is 9.90. The maximum absolute atomic E-state index is 12.5. The molecule has 1 aliphatic rings. The average molecular weight is 348 g/mol. The Morgan fingerprint density at radius 1 is 1.19 bits per heavy atom. The Bertz CT molecular complexity index is 863. The second kappa shape index (κ2) is 7.70. The van der Waals surface area contributed by atoms with Crippen LogP contribution in [0.2, 0.25) is 0 Å². The van der Waals surface area contributed by atoms with Gasteiger partial charge in [-0.1, -0.05) is 18.2 Å². The van der Waals surface area contributed by atoms with Crippen LogP contribution in [0.4, 0.5) is 0 Å². The van der Waals surface area contributed by atoms with E-state index in [0.29, 0.717) is 12.5 Å². The van der Waals surface area contributed by atoms with Crippen molar-refractivity contribution in [2.24, 2.45) is 5.92 Å². The lowest BCUT2D eigenvalue weighted by Crippen LogP contribution is -2.28. The van der Waals surface area contributed by atoms with Crippen LogP contribution in [-0.4, -0.2) is 28.4 Å². The summed E-state index contributed by atoms with van der Waals surface area (Å²) in [5.41, 5.74) is 3.72. The number of hydrogen-bond acceptors (Lipinski definition) is 3. The van der Waals surface area contributed by atoms with Crippen LogP contribution in [0.1, 0.15) is 34.5 Å². The van der Waals surface area contributed by atoms with E-state index < -0.39 is 0 Å². The van der Waals surface area contributed by atoms with Crippen molar-refractivity contribution in [3.05, 3.63) is 71.7 Å². The number of carbonyl (C=O) groups excluding carboxylic acids is 1. The topological polar surface area (TPSA) is 58.4 Å². The van der Waals surface area contributed by atoms with Gasteiger partial charge in [0, 0.05) is 18.0 Å². The Balaban J connectivity index is 1.38. The van der Waals surface area contributed by atoms with Crippen molar-refractivity contribution < 1.29 is 4.79 Å². The Hall–Kier alpha value is -2.66. The standard InChI is InChI=1S/C21H24N4O/c26-21(23-14-19-15-25-11-2-1-6-20(25)24-19)18-5-3-4-17(13-18)12-16-7-9-22-10-8-16/h1-6,11,13,15-16,22H,7-10,12,14H2,(H,23,26). The number of carbonyl (C=O) groups is 1. The molecule has 2 aromatic heterocycles. The number of nitrogens with one attached hydrogen (secondary N) is 2. The minimum absolute atomic E-state index is 0.0470. The van der Waals surface area contributed by atoms with Gasteiger partial charge in [0.25, 0.3) is 5.91 Å². The molecule has 1 aliphatic heterocycles. The molecule has 0 radical (unpaired) electrons. The molecule has 0 atom stereocenters. The predicted molar refractivity (Wildman–Crippen MR) is 102 cm³/mol. The SMILES string of the molecule is O=C(NCc1cn2ccccc2n1)c1cccc(CC2CCNCC2)c1. The Morgan fingerprint density at radius 3 is 2.92 bits per heavy atom. The molecular weight excluding hydrogens is 324 g/mol. The third-order valence-electron chi connectivity index (χ3n) is 5.02. The van der Waals surface area contributed by atoms with Crippen molar-refractivity contribution in [3.8, 4) is 0 Å². The largest absolute Gasteiger partial charge is 0.346 e. The highest BCUT2D eigenvalue weighted by Gasteiger charge is 2.14. The molecule has 2 N–H and O–H groups in total. The van der Waals surface area contributed by atoms with Gasteiger partial charge in [-0.3, -0.25) is 4.79 Å². The molecule has 0 spiro atoms. The van der Waals surface area contributed by atoms with Crippen molar-refractivity contribution in [1.82, 2.24) is 20.0 Å². The van der Waals surface area contributed by atoms with Gasteiger partial charge in [0.15, 0.2) is 0 Å². The lowest BCUT2D eigenvalue weighted by Gasteiger charge is -2.22. The molecule has 4 rings (SSSR count). The number of benzene rings is 1. The summed E-state index contributed by atoms with van der Waals surface area (Å²) in [6.45, 7) is 2.63. The molecule has 26 heavy (non-hydrogen) atoms. The van der Waals surface area contributed by atoms with Crippen molar-refractivity contribution in [2.75, 3.05) is 13.1 Å². The molecule has 1 saturated heterocycles. The van der Waals surface area contributed by atoms with Crippen LogP contribution in [0.5, 0.6) is 0 Å². The second-order valence-corrected chi connectivity index (χ2v) is 6.98. The molecule has 3 aromatic rings. The molecule has 1 amide bonds. The lowest BCUT2D eigenvalue weighted by molar-refractivity contribution is 0.0950. The minimum Gasteiger partial charge on any atom is -0.346 e. The van der Waals surface area contributed by atoms with Gasteiger partial charge in [0.2, 0.25) is 0 Å². The molecule has 134 valence electrons. The molecule has 5 nitrogen and oxygen atoms in total. The maximum Gasteiger partial charge on any atom is 0.251 e. The molecule has 0 bridgehead atoms. The minimum atomic E-state index is -0.0470. The van der Waals surface area contributed by atoms with Crippen molar-refractivity contribution in [1.29, 1.82) is 0 Å². The fourth-order valence-corrected chi connectivity index (χ4v) is 3.60. The molecule has 1 fully saturated rings. The molecule has 0 aliphatic carbocycles. The third kappa shape index (κ3) is 3.94. The Morgan fingerprint density at radius 2 is 2.08 bits per heavy atom. The van der Waals surface area contributed by atoms with Gasteiger partial charge in [-0.2, -0.15) is 0 Å². The summed E-state index contributed by atoms with van der Waals surface area (Å²) < 4.78 is 1.96. The van der Waals surface area contributed by atoms with Crippen LogP contribution < -0.4 is 10.6 Å². The average Bonchev–Trinajstić information content (AvgIpc) is 3.10. The highest BCUT2D eigenvalue weighted by Crippen LogP contribution is 2.18. The van der Waals surface area contributed by atoms with Crippen LogP contribution in [0, 0.1) is 5.92 Å². The first-order valence-electron chi connectivity index (χ1n) is 9.28. The highest BCUT2D eigenvalue weighted by atomic mass is 16.1. The maximum atomic E-state index is 12.5. The summed E-state index contributed by atoms with van der Waals surface area (Å²) in [5, 5.41) is 6.38. The van der Waals surface area contributed by atoms with Crippen LogP contribution in [0.15, 0.2) is 54.9 Å². The van der Waals surface area contributed by atoms with Gasteiger partial charge < -0.3 is 15.0 Å². The van der Waals surface area contributed by atoms with E-state index in [-0.39, 0.29) is 5.91 Å². The number of pyridine rings is 1. The summed E-state index contributed by atoms with van der Waals surface area (Å²) in [6, 6.07) is 13.9. The van der Waals surface area contributed by atoms with Gasteiger partial charge in [-0.05, 0) is 68.1 Å². The second-order valence-electron chi connectivity index (χ2n) is 6.98. The van der Waals surface area contributed by atoms with Gasteiger partial charge in [0.1, 0.15) is 5.65 Å². The van der Waals surface area contributed by atoms with Crippen molar-refractivity contribution in [3.63, 3.8) is 0 Å². The normalized spacial score (nSPS) is 15.2. The van der Waals surface area contributed by atoms with Gasteiger partial charge in [0.05, 0.1) is 12.2 Å². The summed E-state index contributed by atoms with van der Waals surface area (Å²) in [7, 11) is 0. The van der Waals surface area contributed by atoms with Crippen LogP contribution in [0.25, 0.3) is 5.65 Å². The number of imidazole rings is 1. The number of aromatic nitrogens is 2. The summed E-state index contributed by atoms with van der Waals surface area (Å²) in [6.07, 6.45) is 7.38. The first kappa shape index (κ1) is 16.8. The van der Waals surface area contributed by atoms with E-state index in [2.05, 4.69) is 21.7 Å². The quantitative estimate of drug-likeness (QED) is 0.745. The molecule has 5 heteroatoms. The van der Waals surface area contributed by atoms with Crippen LogP contribution in [0.3, 0.4) is 0 Å².